The fourth-order valence-corrected chi connectivity index (χ4v) is 3.43. The lowest BCUT2D eigenvalue weighted by atomic mass is 10.0. The molecule has 0 radical (unpaired) electrons. The van der Waals surface area contributed by atoms with Gasteiger partial charge in [-0.2, -0.15) is 0 Å². The van der Waals surface area contributed by atoms with Crippen molar-refractivity contribution in [1.29, 1.82) is 0 Å². The van der Waals surface area contributed by atoms with E-state index >= 15 is 0 Å². The minimum atomic E-state index is 0.672. The smallest absolute Gasteiger partial charge is 0.179 e. The summed E-state index contributed by atoms with van der Waals surface area (Å²) in [7, 11) is 0. The van der Waals surface area contributed by atoms with Crippen LogP contribution in [0.5, 0.6) is 0 Å². The van der Waals surface area contributed by atoms with Crippen molar-refractivity contribution < 1.29 is 0 Å². The van der Waals surface area contributed by atoms with E-state index in [9.17, 15) is 0 Å². The SMILES string of the molecule is c1cc(-c2ccc(CCn3cnc4ccccc43)cc2)cc(-c2nnn[nH]2)c1. The molecule has 2 heterocycles. The monoisotopic (exact) mass is 366 g/mol. The number of benzene rings is 3. The van der Waals surface area contributed by atoms with E-state index in [0.717, 1.165) is 29.6 Å². The Morgan fingerprint density at radius 3 is 2.54 bits per heavy atom. The number of nitrogens with zero attached hydrogens (tertiary/aromatic N) is 5. The number of rotatable bonds is 5. The molecule has 0 aliphatic rings. The average molecular weight is 366 g/mol. The fraction of sp³-hybridized carbons (Fsp3) is 0.0909. The normalized spacial score (nSPS) is 11.1. The third-order valence-corrected chi connectivity index (χ3v) is 4.94. The molecule has 0 aliphatic carbocycles. The number of aryl methyl sites for hydroxylation is 2. The molecule has 0 saturated carbocycles. The van der Waals surface area contributed by atoms with Crippen LogP contribution in [-0.4, -0.2) is 30.2 Å². The predicted molar refractivity (Wildman–Crippen MR) is 108 cm³/mol. The number of fused-ring (bicyclic) bond motifs is 1. The minimum absolute atomic E-state index is 0.672. The molecule has 136 valence electrons. The minimum Gasteiger partial charge on any atom is -0.330 e. The molecule has 0 fully saturated rings. The summed E-state index contributed by atoms with van der Waals surface area (Å²) in [5.74, 6) is 0.672. The van der Waals surface area contributed by atoms with Gasteiger partial charge < -0.3 is 4.57 Å². The highest BCUT2D eigenvalue weighted by molar-refractivity contribution is 5.75. The predicted octanol–water partition coefficient (Wildman–Crippen LogP) is 4.13. The maximum absolute atomic E-state index is 4.46. The molecular formula is C22H18N6. The summed E-state index contributed by atoms with van der Waals surface area (Å²) in [4.78, 5) is 4.46. The largest absolute Gasteiger partial charge is 0.330 e. The van der Waals surface area contributed by atoms with E-state index in [4.69, 9.17) is 0 Å². The summed E-state index contributed by atoms with van der Waals surface area (Å²) in [5, 5.41) is 14.1. The number of hydrogen-bond acceptors (Lipinski definition) is 4. The Morgan fingerprint density at radius 1 is 0.821 bits per heavy atom. The van der Waals surface area contributed by atoms with Crippen LogP contribution in [0.1, 0.15) is 5.56 Å². The molecular weight excluding hydrogens is 348 g/mol. The van der Waals surface area contributed by atoms with Crippen LogP contribution in [0, 0.1) is 0 Å². The molecule has 3 aromatic carbocycles. The molecule has 5 aromatic rings. The third kappa shape index (κ3) is 3.16. The van der Waals surface area contributed by atoms with Gasteiger partial charge in [-0.3, -0.25) is 0 Å². The molecule has 0 saturated heterocycles. The standard InChI is InChI=1S/C22H18N6/c1-2-7-21-20(6-1)23-15-28(21)13-12-16-8-10-17(11-9-16)18-4-3-5-19(14-18)22-24-26-27-25-22/h1-11,14-15H,12-13H2,(H,24,25,26,27). The molecule has 6 heteroatoms. The number of para-hydroxylation sites is 2. The molecule has 2 aromatic heterocycles. The zero-order valence-corrected chi connectivity index (χ0v) is 15.2. The fourth-order valence-electron chi connectivity index (χ4n) is 3.43. The summed E-state index contributed by atoms with van der Waals surface area (Å²) >= 11 is 0. The first-order valence-electron chi connectivity index (χ1n) is 9.20. The van der Waals surface area contributed by atoms with Gasteiger partial charge in [-0.15, -0.1) is 5.10 Å². The maximum atomic E-state index is 4.46. The molecule has 1 N–H and O–H groups in total. The van der Waals surface area contributed by atoms with Gasteiger partial charge in [0.25, 0.3) is 0 Å². The second-order valence-electron chi connectivity index (χ2n) is 6.70. The second kappa shape index (κ2) is 7.08. The third-order valence-electron chi connectivity index (χ3n) is 4.94. The van der Waals surface area contributed by atoms with Gasteiger partial charge in [-0.25, -0.2) is 10.1 Å². The van der Waals surface area contributed by atoms with Gasteiger partial charge in [0.1, 0.15) is 0 Å². The van der Waals surface area contributed by atoms with Crippen molar-refractivity contribution in [3.63, 3.8) is 0 Å². The highest BCUT2D eigenvalue weighted by atomic mass is 15.5. The van der Waals surface area contributed by atoms with Crippen LogP contribution in [0.25, 0.3) is 33.5 Å². The number of nitrogens with one attached hydrogen (secondary N) is 1. The Labute approximate surface area is 161 Å². The van der Waals surface area contributed by atoms with Crippen LogP contribution in [0.4, 0.5) is 0 Å². The summed E-state index contributed by atoms with van der Waals surface area (Å²) in [6, 6.07) is 25.2. The second-order valence-corrected chi connectivity index (χ2v) is 6.70. The molecule has 6 nitrogen and oxygen atoms in total. The summed E-state index contributed by atoms with van der Waals surface area (Å²) in [6.45, 7) is 0.911. The molecule has 28 heavy (non-hydrogen) atoms. The molecule has 0 atom stereocenters. The van der Waals surface area contributed by atoms with Crippen LogP contribution in [0.15, 0.2) is 79.1 Å². The highest BCUT2D eigenvalue weighted by Crippen LogP contribution is 2.24. The lowest BCUT2D eigenvalue weighted by Gasteiger charge is -2.07. The van der Waals surface area contributed by atoms with E-state index in [1.165, 1.54) is 16.6 Å². The van der Waals surface area contributed by atoms with Crippen molar-refractivity contribution in [1.82, 2.24) is 30.2 Å². The van der Waals surface area contributed by atoms with Crippen molar-refractivity contribution in [2.75, 3.05) is 0 Å². The van der Waals surface area contributed by atoms with Crippen molar-refractivity contribution in [3.8, 4) is 22.5 Å². The van der Waals surface area contributed by atoms with Crippen molar-refractivity contribution in [3.05, 3.63) is 84.7 Å². The first-order valence-corrected chi connectivity index (χ1v) is 9.20. The molecule has 0 amide bonds. The van der Waals surface area contributed by atoms with Gasteiger partial charge in [0.15, 0.2) is 5.82 Å². The number of aromatic nitrogens is 6. The lowest BCUT2D eigenvalue weighted by molar-refractivity contribution is 0.716. The number of imidazole rings is 1. The Morgan fingerprint density at radius 2 is 1.68 bits per heavy atom. The Kier molecular flexibility index (Phi) is 4.14. The summed E-state index contributed by atoms with van der Waals surface area (Å²) in [5.41, 5.74) is 6.81. The van der Waals surface area contributed by atoms with Gasteiger partial charge in [0.2, 0.25) is 0 Å². The van der Waals surface area contributed by atoms with E-state index in [1.807, 2.05) is 30.6 Å². The molecule has 0 bridgehead atoms. The van der Waals surface area contributed by atoms with Crippen LogP contribution >= 0.6 is 0 Å². The first kappa shape index (κ1) is 16.4. The van der Waals surface area contributed by atoms with Crippen LogP contribution < -0.4 is 0 Å². The van der Waals surface area contributed by atoms with Gasteiger partial charge in [0, 0.05) is 12.1 Å². The zero-order valence-electron chi connectivity index (χ0n) is 15.2. The number of hydrogen-bond donors (Lipinski definition) is 1. The van der Waals surface area contributed by atoms with Gasteiger partial charge in [-0.05, 0) is 51.7 Å². The molecule has 0 unspecified atom stereocenters. The maximum Gasteiger partial charge on any atom is 0.179 e. The first-order chi connectivity index (χ1) is 13.9. The zero-order chi connectivity index (χ0) is 18.8. The van der Waals surface area contributed by atoms with Crippen LogP contribution in [0.3, 0.4) is 0 Å². The van der Waals surface area contributed by atoms with E-state index in [2.05, 4.69) is 78.7 Å². The Bertz CT molecular complexity index is 1210. The molecule has 0 aliphatic heterocycles. The number of H-pyrrole nitrogens is 1. The lowest BCUT2D eigenvalue weighted by Crippen LogP contribution is -1.99. The average Bonchev–Trinajstić information content (AvgIpc) is 3.43. The Hall–Kier alpha value is -3.80. The summed E-state index contributed by atoms with van der Waals surface area (Å²) < 4.78 is 2.21. The summed E-state index contributed by atoms with van der Waals surface area (Å²) in [6.07, 6.45) is 2.88. The molecule has 5 rings (SSSR count). The van der Waals surface area contributed by atoms with Gasteiger partial charge in [-0.1, -0.05) is 54.6 Å². The number of tetrazole rings is 1. The van der Waals surface area contributed by atoms with Gasteiger partial charge in [0.05, 0.1) is 17.4 Å². The van der Waals surface area contributed by atoms with Crippen molar-refractivity contribution in [2.24, 2.45) is 0 Å². The van der Waals surface area contributed by atoms with E-state index < -0.39 is 0 Å². The van der Waals surface area contributed by atoms with Gasteiger partial charge >= 0.3 is 0 Å². The van der Waals surface area contributed by atoms with Crippen LogP contribution in [0.2, 0.25) is 0 Å². The Balaban J connectivity index is 1.33. The van der Waals surface area contributed by atoms with Crippen LogP contribution in [-0.2, 0) is 13.0 Å². The topological polar surface area (TPSA) is 72.3 Å². The van der Waals surface area contributed by atoms with E-state index in [-0.39, 0.29) is 0 Å². The quantitative estimate of drug-likeness (QED) is 0.508. The highest BCUT2D eigenvalue weighted by Gasteiger charge is 2.05. The van der Waals surface area contributed by atoms with Crippen molar-refractivity contribution in [2.45, 2.75) is 13.0 Å². The van der Waals surface area contributed by atoms with E-state index in [0.29, 0.717) is 5.82 Å². The number of aromatic amines is 1. The van der Waals surface area contributed by atoms with Crippen molar-refractivity contribution >= 4 is 11.0 Å². The van der Waals surface area contributed by atoms with E-state index in [1.54, 1.807) is 0 Å². The molecule has 0 spiro atoms.